The van der Waals surface area contributed by atoms with Gasteiger partial charge in [-0.05, 0) is 42.0 Å². The van der Waals surface area contributed by atoms with Crippen LogP contribution in [-0.4, -0.2) is 12.5 Å². The predicted molar refractivity (Wildman–Crippen MR) is 89.3 cm³/mol. The van der Waals surface area contributed by atoms with E-state index in [-0.39, 0.29) is 12.5 Å². The fourth-order valence-electron chi connectivity index (χ4n) is 2.24. The number of amides is 1. The number of anilines is 1. The molecule has 1 amide bonds. The average molecular weight is 291 g/mol. The van der Waals surface area contributed by atoms with E-state index in [2.05, 4.69) is 5.32 Å². The van der Waals surface area contributed by atoms with Crippen molar-refractivity contribution in [2.45, 2.75) is 6.92 Å². The second-order valence-electron chi connectivity index (χ2n) is 5.21. The number of carbonyl (C=O) groups excluding carboxylic acids is 1. The maximum atomic E-state index is 11.9. The number of benzene rings is 3. The van der Waals surface area contributed by atoms with Crippen molar-refractivity contribution < 1.29 is 9.53 Å². The second kappa shape index (κ2) is 6.31. The Kier molecular flexibility index (Phi) is 4.05. The summed E-state index contributed by atoms with van der Waals surface area (Å²) < 4.78 is 5.56. The molecule has 0 saturated carbocycles. The normalized spacial score (nSPS) is 10.4. The van der Waals surface area contributed by atoms with Crippen LogP contribution in [-0.2, 0) is 4.79 Å². The Morgan fingerprint density at radius 3 is 2.45 bits per heavy atom. The minimum absolute atomic E-state index is 0.00772. The van der Waals surface area contributed by atoms with Gasteiger partial charge in [0.1, 0.15) is 5.75 Å². The van der Waals surface area contributed by atoms with Crippen LogP contribution in [0.4, 0.5) is 5.69 Å². The SMILES string of the molecule is Cc1ccc(NC(=O)COc2ccc3ccccc3c2)cc1. The van der Waals surface area contributed by atoms with Crippen LogP contribution in [0.15, 0.2) is 66.7 Å². The summed E-state index contributed by atoms with van der Waals surface area (Å²) in [7, 11) is 0. The third kappa shape index (κ3) is 3.44. The van der Waals surface area contributed by atoms with Gasteiger partial charge in [0.15, 0.2) is 6.61 Å². The van der Waals surface area contributed by atoms with E-state index in [1.807, 2.05) is 73.7 Å². The molecule has 0 bridgehead atoms. The van der Waals surface area contributed by atoms with E-state index >= 15 is 0 Å². The fraction of sp³-hybridized carbons (Fsp3) is 0.105. The lowest BCUT2D eigenvalue weighted by molar-refractivity contribution is -0.118. The van der Waals surface area contributed by atoms with Crippen molar-refractivity contribution in [1.29, 1.82) is 0 Å². The summed E-state index contributed by atoms with van der Waals surface area (Å²) in [5.41, 5.74) is 1.93. The molecule has 0 unspecified atom stereocenters. The zero-order valence-corrected chi connectivity index (χ0v) is 12.4. The van der Waals surface area contributed by atoms with E-state index in [1.165, 1.54) is 0 Å². The first kappa shape index (κ1) is 14.1. The highest BCUT2D eigenvalue weighted by atomic mass is 16.5. The summed E-state index contributed by atoms with van der Waals surface area (Å²) >= 11 is 0. The number of hydrogen-bond acceptors (Lipinski definition) is 2. The zero-order chi connectivity index (χ0) is 15.4. The van der Waals surface area contributed by atoms with Gasteiger partial charge in [-0.3, -0.25) is 4.79 Å². The summed E-state index contributed by atoms with van der Waals surface area (Å²) in [6, 6.07) is 21.5. The lowest BCUT2D eigenvalue weighted by Gasteiger charge is -2.08. The van der Waals surface area contributed by atoms with Crippen LogP contribution in [0.3, 0.4) is 0 Å². The van der Waals surface area contributed by atoms with Crippen molar-refractivity contribution >= 4 is 22.4 Å². The molecule has 3 nitrogen and oxygen atoms in total. The van der Waals surface area contributed by atoms with Gasteiger partial charge in [0.25, 0.3) is 5.91 Å². The average Bonchev–Trinajstić information content (AvgIpc) is 2.55. The molecule has 0 aromatic heterocycles. The minimum atomic E-state index is -0.169. The van der Waals surface area contributed by atoms with Gasteiger partial charge in [-0.1, -0.05) is 48.0 Å². The lowest BCUT2D eigenvalue weighted by atomic mass is 10.1. The first-order chi connectivity index (χ1) is 10.7. The molecular weight excluding hydrogens is 274 g/mol. The van der Waals surface area contributed by atoms with Crippen molar-refractivity contribution in [2.24, 2.45) is 0 Å². The Labute approximate surface area is 129 Å². The van der Waals surface area contributed by atoms with E-state index in [4.69, 9.17) is 4.74 Å². The molecule has 110 valence electrons. The molecule has 0 radical (unpaired) electrons. The lowest BCUT2D eigenvalue weighted by Crippen LogP contribution is -2.20. The zero-order valence-electron chi connectivity index (χ0n) is 12.4. The third-order valence-electron chi connectivity index (χ3n) is 3.43. The van der Waals surface area contributed by atoms with Gasteiger partial charge in [-0.15, -0.1) is 0 Å². The molecule has 0 aliphatic rings. The molecule has 3 aromatic carbocycles. The number of aryl methyl sites for hydroxylation is 1. The Hall–Kier alpha value is -2.81. The first-order valence-corrected chi connectivity index (χ1v) is 7.19. The van der Waals surface area contributed by atoms with E-state index in [1.54, 1.807) is 0 Å². The maximum absolute atomic E-state index is 11.9. The molecule has 3 aromatic rings. The summed E-state index contributed by atoms with van der Waals surface area (Å²) in [5, 5.41) is 5.06. The van der Waals surface area contributed by atoms with Gasteiger partial charge in [0.2, 0.25) is 0 Å². The summed E-state index contributed by atoms with van der Waals surface area (Å²) in [5.74, 6) is 0.523. The van der Waals surface area contributed by atoms with E-state index < -0.39 is 0 Å². The molecule has 0 atom stereocenters. The molecule has 0 saturated heterocycles. The molecule has 3 rings (SSSR count). The molecule has 0 spiro atoms. The van der Waals surface area contributed by atoms with Crippen molar-refractivity contribution in [3.8, 4) is 5.75 Å². The highest BCUT2D eigenvalue weighted by Crippen LogP contribution is 2.20. The van der Waals surface area contributed by atoms with Crippen molar-refractivity contribution in [1.82, 2.24) is 0 Å². The quantitative estimate of drug-likeness (QED) is 0.783. The predicted octanol–water partition coefficient (Wildman–Crippen LogP) is 4.17. The van der Waals surface area contributed by atoms with E-state index in [0.29, 0.717) is 5.75 Å². The van der Waals surface area contributed by atoms with Crippen LogP contribution < -0.4 is 10.1 Å². The number of ether oxygens (including phenoxy) is 1. The molecule has 1 N–H and O–H groups in total. The maximum Gasteiger partial charge on any atom is 0.262 e. The molecule has 0 heterocycles. The second-order valence-corrected chi connectivity index (χ2v) is 5.21. The highest BCUT2D eigenvalue weighted by Gasteiger charge is 2.04. The number of hydrogen-bond donors (Lipinski definition) is 1. The third-order valence-corrected chi connectivity index (χ3v) is 3.43. The number of rotatable bonds is 4. The van der Waals surface area contributed by atoms with Crippen molar-refractivity contribution in [3.05, 3.63) is 72.3 Å². The van der Waals surface area contributed by atoms with Gasteiger partial charge in [0.05, 0.1) is 0 Å². The minimum Gasteiger partial charge on any atom is -0.484 e. The number of fused-ring (bicyclic) bond motifs is 1. The molecule has 0 fully saturated rings. The van der Waals surface area contributed by atoms with Crippen LogP contribution in [0.25, 0.3) is 10.8 Å². The summed E-state index contributed by atoms with van der Waals surface area (Å²) in [4.78, 5) is 11.9. The van der Waals surface area contributed by atoms with Crippen LogP contribution in [0, 0.1) is 6.92 Å². The highest BCUT2D eigenvalue weighted by molar-refractivity contribution is 5.92. The molecule has 0 aliphatic carbocycles. The van der Waals surface area contributed by atoms with Gasteiger partial charge in [0, 0.05) is 5.69 Å². The smallest absolute Gasteiger partial charge is 0.262 e. The Morgan fingerprint density at radius 2 is 1.68 bits per heavy atom. The molecule has 3 heteroatoms. The van der Waals surface area contributed by atoms with Gasteiger partial charge in [-0.25, -0.2) is 0 Å². The molecular formula is C19H17NO2. The topological polar surface area (TPSA) is 38.3 Å². The van der Waals surface area contributed by atoms with Crippen molar-refractivity contribution in [3.63, 3.8) is 0 Å². The monoisotopic (exact) mass is 291 g/mol. The fourth-order valence-corrected chi connectivity index (χ4v) is 2.24. The van der Waals surface area contributed by atoms with Crippen molar-refractivity contribution in [2.75, 3.05) is 11.9 Å². The van der Waals surface area contributed by atoms with Gasteiger partial charge in [-0.2, -0.15) is 0 Å². The summed E-state index contributed by atoms with van der Waals surface area (Å²) in [6.07, 6.45) is 0. The van der Waals surface area contributed by atoms with Crippen LogP contribution >= 0.6 is 0 Å². The van der Waals surface area contributed by atoms with Crippen LogP contribution in [0.2, 0.25) is 0 Å². The first-order valence-electron chi connectivity index (χ1n) is 7.19. The van der Waals surface area contributed by atoms with Crippen LogP contribution in [0.5, 0.6) is 5.75 Å². The van der Waals surface area contributed by atoms with Crippen LogP contribution in [0.1, 0.15) is 5.56 Å². The number of nitrogens with one attached hydrogen (secondary N) is 1. The molecule has 0 aliphatic heterocycles. The molecule has 22 heavy (non-hydrogen) atoms. The van der Waals surface area contributed by atoms with Gasteiger partial charge >= 0.3 is 0 Å². The summed E-state index contributed by atoms with van der Waals surface area (Å²) in [6.45, 7) is 2.00. The number of carbonyl (C=O) groups is 1. The van der Waals surface area contributed by atoms with Gasteiger partial charge < -0.3 is 10.1 Å². The largest absolute Gasteiger partial charge is 0.484 e. The van der Waals surface area contributed by atoms with E-state index in [9.17, 15) is 4.79 Å². The Morgan fingerprint density at radius 1 is 0.955 bits per heavy atom. The standard InChI is InChI=1S/C19H17NO2/c1-14-6-9-17(10-7-14)20-19(21)13-22-18-11-8-15-4-2-3-5-16(15)12-18/h2-12H,13H2,1H3,(H,20,21). The van der Waals surface area contributed by atoms with E-state index in [0.717, 1.165) is 22.0 Å². The Balaban J connectivity index is 1.60. The Bertz CT molecular complexity index is 794.